The number of carbonyl (C=O) groups is 1. The molecule has 2 N–H and O–H groups in total. The predicted octanol–water partition coefficient (Wildman–Crippen LogP) is 1.26. The zero-order valence-electron chi connectivity index (χ0n) is 11.2. The van der Waals surface area contributed by atoms with Crippen LogP contribution in [0.15, 0.2) is 0 Å². The molecule has 2 aliphatic rings. The first-order valence-electron chi connectivity index (χ1n) is 6.35. The van der Waals surface area contributed by atoms with E-state index in [0.717, 1.165) is 45.4 Å². The van der Waals surface area contributed by atoms with Crippen molar-refractivity contribution in [3.05, 3.63) is 0 Å². The van der Waals surface area contributed by atoms with Gasteiger partial charge in [0.25, 0.3) is 0 Å². The Hall–Kier alpha value is -0.0300. The summed E-state index contributed by atoms with van der Waals surface area (Å²) < 4.78 is 0. The van der Waals surface area contributed by atoms with Crippen LogP contribution in [0.1, 0.15) is 33.1 Å². The number of carbonyl (C=O) groups excluding carboxylic acids is 1. The van der Waals surface area contributed by atoms with Gasteiger partial charge in [-0.15, -0.1) is 24.8 Å². The molecule has 0 atom stereocenters. The average Bonchev–Trinajstić information content (AvgIpc) is 2.25. The largest absolute Gasteiger partial charge is 0.339 e. The van der Waals surface area contributed by atoms with Crippen molar-refractivity contribution >= 4 is 30.7 Å². The van der Waals surface area contributed by atoms with Gasteiger partial charge in [-0.2, -0.15) is 0 Å². The van der Waals surface area contributed by atoms with Crippen LogP contribution < -0.4 is 5.73 Å². The Balaban J connectivity index is 0.00000144. The van der Waals surface area contributed by atoms with E-state index in [2.05, 4.69) is 18.7 Å². The van der Waals surface area contributed by atoms with Crippen molar-refractivity contribution in [3.8, 4) is 0 Å². The zero-order valence-corrected chi connectivity index (χ0v) is 12.9. The Morgan fingerprint density at radius 3 is 1.94 bits per heavy atom. The van der Waals surface area contributed by atoms with Gasteiger partial charge in [-0.3, -0.25) is 9.69 Å². The van der Waals surface area contributed by atoms with Gasteiger partial charge < -0.3 is 10.6 Å². The lowest BCUT2D eigenvalue weighted by atomic mass is 9.76. The average molecular weight is 298 g/mol. The topological polar surface area (TPSA) is 49.6 Å². The van der Waals surface area contributed by atoms with Crippen LogP contribution in [0.5, 0.6) is 0 Å². The van der Waals surface area contributed by atoms with Crippen molar-refractivity contribution in [2.24, 2.45) is 5.73 Å². The number of nitrogens with zero attached hydrogens (tertiary/aromatic N) is 2. The number of hydrogen-bond donors (Lipinski definition) is 1. The second-order valence-corrected chi connectivity index (χ2v) is 5.43. The number of nitrogens with two attached hydrogens (primary N) is 1. The van der Waals surface area contributed by atoms with E-state index in [0.29, 0.717) is 6.04 Å². The van der Waals surface area contributed by atoms with Gasteiger partial charge in [0, 0.05) is 32.2 Å². The van der Waals surface area contributed by atoms with Gasteiger partial charge in [-0.25, -0.2) is 0 Å². The fourth-order valence-corrected chi connectivity index (χ4v) is 2.53. The maximum Gasteiger partial charge on any atom is 0.242 e. The van der Waals surface area contributed by atoms with Crippen LogP contribution in [0.25, 0.3) is 0 Å². The summed E-state index contributed by atoms with van der Waals surface area (Å²) in [7, 11) is 0. The fourth-order valence-electron chi connectivity index (χ4n) is 2.53. The van der Waals surface area contributed by atoms with Crippen molar-refractivity contribution in [1.82, 2.24) is 9.80 Å². The highest BCUT2D eigenvalue weighted by Gasteiger charge is 2.43. The summed E-state index contributed by atoms with van der Waals surface area (Å²) in [5.74, 6) is 0.183. The molecule has 0 radical (unpaired) electrons. The summed E-state index contributed by atoms with van der Waals surface area (Å²) in [6.45, 7) is 8.06. The molecule has 0 aromatic carbocycles. The number of rotatable bonds is 2. The molecule has 0 spiro atoms. The third-order valence-corrected chi connectivity index (χ3v) is 4.00. The normalized spacial score (nSPS) is 22.8. The maximum absolute atomic E-state index is 12.2. The smallest absolute Gasteiger partial charge is 0.242 e. The van der Waals surface area contributed by atoms with Crippen LogP contribution in [-0.2, 0) is 4.79 Å². The van der Waals surface area contributed by atoms with Crippen molar-refractivity contribution in [1.29, 1.82) is 0 Å². The van der Waals surface area contributed by atoms with E-state index in [1.54, 1.807) is 0 Å². The third-order valence-electron chi connectivity index (χ3n) is 4.00. The minimum Gasteiger partial charge on any atom is -0.339 e. The van der Waals surface area contributed by atoms with Gasteiger partial charge in [0.2, 0.25) is 5.91 Å². The number of piperazine rings is 1. The second-order valence-electron chi connectivity index (χ2n) is 5.43. The first-order chi connectivity index (χ1) is 7.53. The predicted molar refractivity (Wildman–Crippen MR) is 78.6 cm³/mol. The molecule has 18 heavy (non-hydrogen) atoms. The molecular weight excluding hydrogens is 273 g/mol. The molecule has 0 aromatic heterocycles. The van der Waals surface area contributed by atoms with Crippen molar-refractivity contribution in [2.75, 3.05) is 26.2 Å². The van der Waals surface area contributed by atoms with Crippen LogP contribution in [-0.4, -0.2) is 53.5 Å². The van der Waals surface area contributed by atoms with E-state index in [1.165, 1.54) is 0 Å². The van der Waals surface area contributed by atoms with E-state index in [-0.39, 0.29) is 30.7 Å². The lowest BCUT2D eigenvalue weighted by Gasteiger charge is -2.44. The first kappa shape index (κ1) is 18.0. The van der Waals surface area contributed by atoms with E-state index in [4.69, 9.17) is 5.73 Å². The summed E-state index contributed by atoms with van der Waals surface area (Å²) in [5, 5.41) is 0. The molecule has 0 unspecified atom stereocenters. The lowest BCUT2D eigenvalue weighted by molar-refractivity contribution is -0.142. The number of amides is 1. The molecular formula is C12H25Cl2N3O. The SMILES string of the molecule is CC(C)N1CCN(C(=O)C2(N)CCC2)CC1.Cl.Cl. The highest BCUT2D eigenvalue weighted by Crippen LogP contribution is 2.31. The fraction of sp³-hybridized carbons (Fsp3) is 0.917. The van der Waals surface area contributed by atoms with Gasteiger partial charge >= 0.3 is 0 Å². The van der Waals surface area contributed by atoms with E-state index in [9.17, 15) is 4.79 Å². The highest BCUT2D eigenvalue weighted by atomic mass is 35.5. The lowest BCUT2D eigenvalue weighted by Crippen LogP contribution is -2.62. The van der Waals surface area contributed by atoms with Gasteiger partial charge in [-0.05, 0) is 33.1 Å². The van der Waals surface area contributed by atoms with Crippen molar-refractivity contribution < 1.29 is 4.79 Å². The highest BCUT2D eigenvalue weighted by molar-refractivity contribution is 5.87. The minimum absolute atomic E-state index is 0. The summed E-state index contributed by atoms with van der Waals surface area (Å²) in [6.07, 6.45) is 2.85. The summed E-state index contributed by atoms with van der Waals surface area (Å²) in [5.41, 5.74) is 5.55. The Bertz CT molecular complexity index is 274. The number of halogens is 2. The maximum atomic E-state index is 12.2. The minimum atomic E-state index is -0.514. The second kappa shape index (κ2) is 6.94. The Kier molecular flexibility index (Phi) is 6.93. The Morgan fingerprint density at radius 1 is 1.11 bits per heavy atom. The molecule has 0 bridgehead atoms. The monoisotopic (exact) mass is 297 g/mol. The van der Waals surface area contributed by atoms with Gasteiger partial charge in [-0.1, -0.05) is 0 Å². The molecule has 1 amide bonds. The standard InChI is InChI=1S/C12H23N3O.2ClH/c1-10(2)14-6-8-15(9-7-14)11(16)12(13)4-3-5-12;;/h10H,3-9,13H2,1-2H3;2*1H. The Morgan fingerprint density at radius 2 is 1.61 bits per heavy atom. The molecule has 2 fully saturated rings. The van der Waals surface area contributed by atoms with Crippen LogP contribution in [0.2, 0.25) is 0 Å². The van der Waals surface area contributed by atoms with Crippen LogP contribution in [0.3, 0.4) is 0 Å². The Labute approximate surface area is 122 Å². The molecule has 2 rings (SSSR count). The number of hydrogen-bond acceptors (Lipinski definition) is 3. The summed E-state index contributed by atoms with van der Waals surface area (Å²) in [4.78, 5) is 16.5. The van der Waals surface area contributed by atoms with Gasteiger partial charge in [0.05, 0.1) is 5.54 Å². The molecule has 1 saturated carbocycles. The molecule has 1 aliphatic heterocycles. The molecule has 108 valence electrons. The van der Waals surface area contributed by atoms with Crippen LogP contribution >= 0.6 is 24.8 Å². The molecule has 1 aliphatic carbocycles. The van der Waals surface area contributed by atoms with Crippen molar-refractivity contribution in [3.63, 3.8) is 0 Å². The molecule has 6 heteroatoms. The van der Waals surface area contributed by atoms with E-state index < -0.39 is 5.54 Å². The molecule has 0 aromatic rings. The summed E-state index contributed by atoms with van der Waals surface area (Å²) in [6, 6.07) is 0.577. The molecule has 1 saturated heterocycles. The summed E-state index contributed by atoms with van der Waals surface area (Å²) >= 11 is 0. The first-order valence-corrected chi connectivity index (χ1v) is 6.35. The van der Waals surface area contributed by atoms with Gasteiger partial charge in [0.15, 0.2) is 0 Å². The molecule has 4 nitrogen and oxygen atoms in total. The van der Waals surface area contributed by atoms with Crippen LogP contribution in [0.4, 0.5) is 0 Å². The molecule has 1 heterocycles. The van der Waals surface area contributed by atoms with E-state index in [1.807, 2.05) is 4.90 Å². The third kappa shape index (κ3) is 3.50. The van der Waals surface area contributed by atoms with Crippen molar-refractivity contribution in [2.45, 2.75) is 44.7 Å². The van der Waals surface area contributed by atoms with Gasteiger partial charge in [0.1, 0.15) is 0 Å². The quantitative estimate of drug-likeness (QED) is 0.835. The van der Waals surface area contributed by atoms with E-state index >= 15 is 0 Å². The van der Waals surface area contributed by atoms with Crippen LogP contribution in [0, 0.1) is 0 Å². The zero-order chi connectivity index (χ0) is 11.8.